The Morgan fingerprint density at radius 1 is 1.17 bits per heavy atom. The largest absolute Gasteiger partial charge is 0.495 e. The zero-order valence-corrected chi connectivity index (χ0v) is 11.2. The van der Waals surface area contributed by atoms with Gasteiger partial charge in [-0.1, -0.05) is 6.92 Å². The predicted molar refractivity (Wildman–Crippen MR) is 72.6 cm³/mol. The Labute approximate surface area is 109 Å². The zero-order chi connectivity index (χ0) is 12.5. The van der Waals surface area contributed by atoms with Gasteiger partial charge in [-0.25, -0.2) is 0 Å². The van der Waals surface area contributed by atoms with Crippen LogP contribution in [-0.2, 0) is 17.6 Å². The minimum absolute atomic E-state index is 0.768. The van der Waals surface area contributed by atoms with Crippen molar-refractivity contribution in [3.63, 3.8) is 0 Å². The minimum atomic E-state index is 0.768. The highest BCUT2D eigenvalue weighted by atomic mass is 16.5. The third kappa shape index (κ3) is 2.07. The molecule has 0 bridgehead atoms. The highest BCUT2D eigenvalue weighted by Gasteiger charge is 2.23. The van der Waals surface area contributed by atoms with Crippen molar-refractivity contribution >= 4 is 5.69 Å². The molecule has 0 spiro atoms. The second-order valence-electron chi connectivity index (χ2n) is 5.41. The summed E-state index contributed by atoms with van der Waals surface area (Å²) in [6, 6.07) is 4.58. The first-order valence-corrected chi connectivity index (χ1v) is 6.80. The summed E-state index contributed by atoms with van der Waals surface area (Å²) < 4.78 is 11.0. The van der Waals surface area contributed by atoms with Gasteiger partial charge >= 0.3 is 0 Å². The number of anilines is 1. The molecule has 3 heteroatoms. The van der Waals surface area contributed by atoms with Crippen molar-refractivity contribution < 1.29 is 9.47 Å². The van der Waals surface area contributed by atoms with Crippen LogP contribution in [0.4, 0.5) is 5.69 Å². The molecule has 1 aromatic carbocycles. The number of morpholine rings is 1. The van der Waals surface area contributed by atoms with Crippen molar-refractivity contribution in [1.29, 1.82) is 0 Å². The lowest BCUT2D eigenvalue weighted by atomic mass is 10.1. The van der Waals surface area contributed by atoms with E-state index in [1.54, 1.807) is 7.11 Å². The van der Waals surface area contributed by atoms with E-state index in [2.05, 4.69) is 24.0 Å². The number of benzene rings is 1. The van der Waals surface area contributed by atoms with Crippen LogP contribution < -0.4 is 9.64 Å². The highest BCUT2D eigenvalue weighted by molar-refractivity contribution is 5.63. The van der Waals surface area contributed by atoms with Crippen LogP contribution in [0, 0.1) is 5.92 Å². The van der Waals surface area contributed by atoms with E-state index in [9.17, 15) is 0 Å². The van der Waals surface area contributed by atoms with Gasteiger partial charge in [0, 0.05) is 13.1 Å². The molecule has 1 aromatic rings. The Morgan fingerprint density at radius 2 is 1.83 bits per heavy atom. The van der Waals surface area contributed by atoms with E-state index in [1.165, 1.54) is 29.7 Å². The summed E-state index contributed by atoms with van der Waals surface area (Å²) in [7, 11) is 1.77. The quantitative estimate of drug-likeness (QED) is 0.800. The van der Waals surface area contributed by atoms with Crippen molar-refractivity contribution in [1.82, 2.24) is 0 Å². The molecule has 1 saturated heterocycles. The number of nitrogens with zero attached hydrogens (tertiary/aromatic N) is 1. The fourth-order valence-electron chi connectivity index (χ4n) is 3.07. The first kappa shape index (κ1) is 11.8. The Bertz CT molecular complexity index is 438. The third-order valence-corrected chi connectivity index (χ3v) is 3.99. The monoisotopic (exact) mass is 247 g/mol. The van der Waals surface area contributed by atoms with Crippen LogP contribution in [0.5, 0.6) is 5.75 Å². The SMILES string of the molecule is COc1cc2c(cc1N1CCOCC1)CC(C)C2. The van der Waals surface area contributed by atoms with Gasteiger partial charge in [0.2, 0.25) is 0 Å². The normalized spacial score (nSPS) is 23.0. The Morgan fingerprint density at radius 3 is 2.50 bits per heavy atom. The molecule has 98 valence electrons. The number of fused-ring (bicyclic) bond motifs is 1. The molecule has 3 rings (SSSR count). The fraction of sp³-hybridized carbons (Fsp3) is 0.600. The molecule has 2 aliphatic rings. The molecule has 0 radical (unpaired) electrons. The van der Waals surface area contributed by atoms with Crippen LogP contribution in [-0.4, -0.2) is 33.4 Å². The average Bonchev–Trinajstić information content (AvgIpc) is 2.77. The fourth-order valence-corrected chi connectivity index (χ4v) is 3.07. The molecular formula is C15H21NO2. The smallest absolute Gasteiger partial charge is 0.142 e. The molecule has 0 amide bonds. The second-order valence-corrected chi connectivity index (χ2v) is 5.41. The molecule has 18 heavy (non-hydrogen) atoms. The van der Waals surface area contributed by atoms with Crippen LogP contribution >= 0.6 is 0 Å². The van der Waals surface area contributed by atoms with Crippen molar-refractivity contribution in [2.75, 3.05) is 38.3 Å². The van der Waals surface area contributed by atoms with Gasteiger partial charge < -0.3 is 14.4 Å². The highest BCUT2D eigenvalue weighted by Crippen LogP contribution is 2.37. The molecule has 0 N–H and O–H groups in total. The average molecular weight is 247 g/mol. The Balaban J connectivity index is 1.95. The van der Waals surface area contributed by atoms with Crippen molar-refractivity contribution in [3.8, 4) is 5.75 Å². The van der Waals surface area contributed by atoms with E-state index in [-0.39, 0.29) is 0 Å². The number of hydrogen-bond donors (Lipinski definition) is 0. The van der Waals surface area contributed by atoms with E-state index in [1.807, 2.05) is 0 Å². The van der Waals surface area contributed by atoms with Gasteiger partial charge in [-0.05, 0) is 42.0 Å². The summed E-state index contributed by atoms with van der Waals surface area (Å²) in [4.78, 5) is 2.38. The lowest BCUT2D eigenvalue weighted by Gasteiger charge is -2.30. The van der Waals surface area contributed by atoms with E-state index >= 15 is 0 Å². The van der Waals surface area contributed by atoms with Gasteiger partial charge in [-0.3, -0.25) is 0 Å². The van der Waals surface area contributed by atoms with Gasteiger partial charge in [0.1, 0.15) is 5.75 Å². The zero-order valence-electron chi connectivity index (χ0n) is 11.2. The van der Waals surface area contributed by atoms with Gasteiger partial charge in [0.15, 0.2) is 0 Å². The maximum absolute atomic E-state index is 5.58. The van der Waals surface area contributed by atoms with Crippen LogP contribution in [0.25, 0.3) is 0 Å². The van der Waals surface area contributed by atoms with Gasteiger partial charge in [-0.15, -0.1) is 0 Å². The molecule has 1 aliphatic carbocycles. The molecular weight excluding hydrogens is 226 g/mol. The first-order valence-electron chi connectivity index (χ1n) is 6.80. The standard InChI is InChI=1S/C15H21NO2/c1-11-7-12-9-14(16-3-5-18-6-4-16)15(17-2)10-13(12)8-11/h9-11H,3-8H2,1-2H3. The van der Waals surface area contributed by atoms with E-state index < -0.39 is 0 Å². The lowest BCUT2D eigenvalue weighted by Crippen LogP contribution is -2.36. The number of methoxy groups -OCH3 is 1. The predicted octanol–water partition coefficient (Wildman–Crippen LogP) is 2.27. The molecule has 3 nitrogen and oxygen atoms in total. The molecule has 1 unspecified atom stereocenters. The summed E-state index contributed by atoms with van der Waals surface area (Å²) in [5, 5.41) is 0. The van der Waals surface area contributed by atoms with Crippen molar-refractivity contribution in [2.24, 2.45) is 5.92 Å². The molecule has 1 fully saturated rings. The Kier molecular flexibility index (Phi) is 3.16. The third-order valence-electron chi connectivity index (χ3n) is 3.99. The number of ether oxygens (including phenoxy) is 2. The summed E-state index contributed by atoms with van der Waals surface area (Å²) in [5.74, 6) is 1.79. The van der Waals surface area contributed by atoms with Crippen molar-refractivity contribution in [2.45, 2.75) is 19.8 Å². The second kappa shape index (κ2) is 4.81. The molecule has 1 atom stereocenters. The van der Waals surface area contributed by atoms with Gasteiger partial charge in [0.25, 0.3) is 0 Å². The summed E-state index contributed by atoms with van der Waals surface area (Å²) in [5.41, 5.74) is 4.22. The Hall–Kier alpha value is -1.22. The van der Waals surface area contributed by atoms with Gasteiger partial charge in [0.05, 0.1) is 26.0 Å². The topological polar surface area (TPSA) is 21.7 Å². The van der Waals surface area contributed by atoms with Crippen LogP contribution in [0.15, 0.2) is 12.1 Å². The lowest BCUT2D eigenvalue weighted by molar-refractivity contribution is 0.122. The van der Waals surface area contributed by atoms with Gasteiger partial charge in [-0.2, -0.15) is 0 Å². The van der Waals surface area contributed by atoms with E-state index in [4.69, 9.17) is 9.47 Å². The maximum Gasteiger partial charge on any atom is 0.142 e. The maximum atomic E-state index is 5.58. The van der Waals surface area contributed by atoms with Crippen LogP contribution in [0.2, 0.25) is 0 Å². The number of rotatable bonds is 2. The molecule has 0 saturated carbocycles. The summed E-state index contributed by atoms with van der Waals surface area (Å²) in [6.45, 7) is 5.88. The molecule has 0 aromatic heterocycles. The van der Waals surface area contributed by atoms with E-state index in [0.29, 0.717) is 0 Å². The van der Waals surface area contributed by atoms with E-state index in [0.717, 1.165) is 38.0 Å². The summed E-state index contributed by atoms with van der Waals surface area (Å²) >= 11 is 0. The molecule has 1 aliphatic heterocycles. The first-order chi connectivity index (χ1) is 8.78. The summed E-state index contributed by atoms with van der Waals surface area (Å²) in [6.07, 6.45) is 2.39. The van der Waals surface area contributed by atoms with Crippen LogP contribution in [0.3, 0.4) is 0 Å². The van der Waals surface area contributed by atoms with Crippen molar-refractivity contribution in [3.05, 3.63) is 23.3 Å². The van der Waals surface area contributed by atoms with Crippen LogP contribution in [0.1, 0.15) is 18.1 Å². The number of hydrogen-bond acceptors (Lipinski definition) is 3. The molecule has 1 heterocycles. The minimum Gasteiger partial charge on any atom is -0.495 e.